The van der Waals surface area contributed by atoms with Gasteiger partial charge in [-0.3, -0.25) is 4.57 Å². The third kappa shape index (κ3) is 4.49. The van der Waals surface area contributed by atoms with Gasteiger partial charge in [0, 0.05) is 36.2 Å². The van der Waals surface area contributed by atoms with Crippen LogP contribution in [0.15, 0.2) is 42.7 Å². The Morgan fingerprint density at radius 1 is 1.12 bits per heavy atom. The van der Waals surface area contributed by atoms with Crippen LogP contribution in [0.2, 0.25) is 0 Å². The van der Waals surface area contributed by atoms with E-state index >= 15 is 0 Å². The standard InChI is InChI=1S/C31H35FN6O3/c1-4-31(39)12-11-18-5-10-27(35-28(18)31)38-17-24(32)23-16-33-30(36-29(23)38)34-19-6-9-25(26(13-19)40-3)41-22-14-20-7-8-21(15-22)37(20)2/h5-6,9-10,13,16-17,20-22,39H,4,7-8,11-12,14-15H2,1-3H3,(H,33,34,36)/t20?,21?,22?,31-/m1/s1. The van der Waals surface area contributed by atoms with Crippen molar-refractivity contribution in [3.63, 3.8) is 0 Å². The van der Waals surface area contributed by atoms with Crippen molar-refractivity contribution in [1.29, 1.82) is 0 Å². The molecule has 0 spiro atoms. The van der Waals surface area contributed by atoms with E-state index in [0.717, 1.165) is 30.5 Å². The Morgan fingerprint density at radius 3 is 2.68 bits per heavy atom. The molecule has 3 aromatic heterocycles. The van der Waals surface area contributed by atoms with Crippen molar-refractivity contribution >= 4 is 22.7 Å². The molecule has 10 heteroatoms. The van der Waals surface area contributed by atoms with Crippen molar-refractivity contribution in [3.05, 3.63) is 59.8 Å². The Kier molecular flexibility index (Phi) is 6.35. The number of rotatable bonds is 7. The Bertz CT molecular complexity index is 1610. The minimum atomic E-state index is -0.962. The number of nitrogens with zero attached hydrogens (tertiary/aromatic N) is 5. The van der Waals surface area contributed by atoms with Gasteiger partial charge in [0.15, 0.2) is 23.0 Å². The number of aliphatic hydroxyl groups is 1. The molecule has 7 rings (SSSR count). The number of aryl methyl sites for hydroxylation is 1. The molecule has 2 aliphatic heterocycles. The minimum Gasteiger partial charge on any atom is -0.493 e. The van der Waals surface area contributed by atoms with Crippen LogP contribution >= 0.6 is 0 Å². The van der Waals surface area contributed by atoms with E-state index in [9.17, 15) is 9.50 Å². The lowest BCUT2D eigenvalue weighted by molar-refractivity contribution is 0.0306. The molecule has 3 atom stereocenters. The summed E-state index contributed by atoms with van der Waals surface area (Å²) in [6.45, 7) is 1.95. The summed E-state index contributed by atoms with van der Waals surface area (Å²) in [5, 5.41) is 14.5. The maximum absolute atomic E-state index is 14.9. The lowest BCUT2D eigenvalue weighted by Gasteiger charge is -2.36. The van der Waals surface area contributed by atoms with Crippen LogP contribution in [0.3, 0.4) is 0 Å². The second-order valence-electron chi connectivity index (χ2n) is 11.6. The summed E-state index contributed by atoms with van der Waals surface area (Å²) in [6, 6.07) is 10.7. The molecule has 4 aromatic rings. The van der Waals surface area contributed by atoms with Crippen molar-refractivity contribution in [2.75, 3.05) is 19.5 Å². The maximum Gasteiger partial charge on any atom is 0.229 e. The van der Waals surface area contributed by atoms with Crippen LogP contribution in [0.25, 0.3) is 16.9 Å². The number of ether oxygens (including phenoxy) is 2. The number of benzene rings is 1. The predicted molar refractivity (Wildman–Crippen MR) is 154 cm³/mol. The number of halogens is 1. The molecular weight excluding hydrogens is 523 g/mol. The summed E-state index contributed by atoms with van der Waals surface area (Å²) in [6.07, 6.45) is 9.51. The first kappa shape index (κ1) is 26.2. The van der Waals surface area contributed by atoms with Gasteiger partial charge in [-0.15, -0.1) is 0 Å². The number of methoxy groups -OCH3 is 1. The normalized spacial score (nSPS) is 25.4. The summed E-state index contributed by atoms with van der Waals surface area (Å²) in [5.41, 5.74) is 1.83. The van der Waals surface area contributed by atoms with Crippen molar-refractivity contribution in [2.24, 2.45) is 0 Å². The maximum atomic E-state index is 14.9. The smallest absolute Gasteiger partial charge is 0.229 e. The van der Waals surface area contributed by atoms with Crippen molar-refractivity contribution < 1.29 is 19.0 Å². The molecule has 2 N–H and O–H groups in total. The average Bonchev–Trinajstić information content (AvgIpc) is 3.55. The largest absolute Gasteiger partial charge is 0.493 e. The van der Waals surface area contributed by atoms with Gasteiger partial charge in [-0.2, -0.15) is 4.98 Å². The number of fused-ring (bicyclic) bond motifs is 4. The number of pyridine rings is 1. The van der Waals surface area contributed by atoms with E-state index in [1.165, 1.54) is 25.2 Å². The molecule has 2 bridgehead atoms. The molecular formula is C31H35FN6O3. The molecule has 2 fully saturated rings. The topological polar surface area (TPSA) is 97.6 Å². The monoisotopic (exact) mass is 558 g/mol. The number of nitrogens with one attached hydrogen (secondary N) is 1. The molecule has 1 aromatic carbocycles. The van der Waals surface area contributed by atoms with E-state index in [2.05, 4.69) is 27.2 Å². The lowest BCUT2D eigenvalue weighted by Crippen LogP contribution is -2.43. The fourth-order valence-electron chi connectivity index (χ4n) is 6.83. The molecule has 2 unspecified atom stereocenters. The van der Waals surface area contributed by atoms with Gasteiger partial charge in [-0.05, 0) is 75.8 Å². The van der Waals surface area contributed by atoms with E-state index in [1.54, 1.807) is 11.7 Å². The molecule has 3 aliphatic rings. The average molecular weight is 559 g/mol. The molecule has 0 amide bonds. The predicted octanol–water partition coefficient (Wildman–Crippen LogP) is 5.25. The number of hydrogen-bond donors (Lipinski definition) is 2. The van der Waals surface area contributed by atoms with Gasteiger partial charge in [-0.1, -0.05) is 13.0 Å². The van der Waals surface area contributed by atoms with Gasteiger partial charge in [-0.25, -0.2) is 14.4 Å². The van der Waals surface area contributed by atoms with Crippen molar-refractivity contribution in [3.8, 4) is 17.3 Å². The van der Waals surface area contributed by atoms with Gasteiger partial charge >= 0.3 is 0 Å². The van der Waals surface area contributed by atoms with Crippen LogP contribution in [0.4, 0.5) is 16.0 Å². The lowest BCUT2D eigenvalue weighted by atomic mass is 9.98. The fourth-order valence-corrected chi connectivity index (χ4v) is 6.83. The first-order valence-electron chi connectivity index (χ1n) is 14.5. The highest BCUT2D eigenvalue weighted by atomic mass is 19.1. The van der Waals surface area contributed by atoms with Gasteiger partial charge in [0.2, 0.25) is 5.95 Å². The molecule has 9 nitrogen and oxygen atoms in total. The van der Waals surface area contributed by atoms with E-state index < -0.39 is 11.4 Å². The highest BCUT2D eigenvalue weighted by Crippen LogP contribution is 2.40. The molecule has 41 heavy (non-hydrogen) atoms. The van der Waals surface area contributed by atoms with E-state index in [1.807, 2.05) is 37.3 Å². The van der Waals surface area contributed by atoms with Crippen LogP contribution < -0.4 is 14.8 Å². The number of piperidine rings is 1. The first-order valence-corrected chi connectivity index (χ1v) is 14.5. The minimum absolute atomic E-state index is 0.172. The molecule has 0 radical (unpaired) electrons. The Balaban J connectivity index is 1.15. The zero-order chi connectivity index (χ0) is 28.3. The molecule has 5 heterocycles. The molecule has 2 saturated heterocycles. The SMILES string of the molecule is CC[C@@]1(O)CCc2ccc(-n3cc(F)c4cnc(Nc5ccc(OC6CC7CCC(C6)N7C)c(OC)c5)nc43)nc21. The summed E-state index contributed by atoms with van der Waals surface area (Å²) >= 11 is 0. The van der Waals surface area contributed by atoms with Gasteiger partial charge < -0.3 is 24.8 Å². The number of aromatic nitrogens is 4. The van der Waals surface area contributed by atoms with Gasteiger partial charge in [0.25, 0.3) is 0 Å². The summed E-state index contributed by atoms with van der Waals surface area (Å²) in [5.74, 6) is 1.72. The second-order valence-corrected chi connectivity index (χ2v) is 11.6. The van der Waals surface area contributed by atoms with Crippen LogP contribution in [0, 0.1) is 5.82 Å². The van der Waals surface area contributed by atoms with Crippen LogP contribution in [-0.2, 0) is 12.0 Å². The van der Waals surface area contributed by atoms with Gasteiger partial charge in [0.1, 0.15) is 17.5 Å². The molecule has 214 valence electrons. The number of anilines is 2. The van der Waals surface area contributed by atoms with Crippen LogP contribution in [-0.4, -0.2) is 61.9 Å². The Hall–Kier alpha value is -3.76. The van der Waals surface area contributed by atoms with E-state index in [-0.39, 0.29) is 11.5 Å². The quantitative estimate of drug-likeness (QED) is 0.317. The summed E-state index contributed by atoms with van der Waals surface area (Å²) in [7, 11) is 3.85. The summed E-state index contributed by atoms with van der Waals surface area (Å²) < 4.78 is 28.6. The second kappa shape index (κ2) is 9.95. The third-order valence-electron chi connectivity index (χ3n) is 9.31. The Labute approximate surface area is 238 Å². The fraction of sp³-hybridized carbons (Fsp3) is 0.452. The summed E-state index contributed by atoms with van der Waals surface area (Å²) in [4.78, 5) is 16.2. The zero-order valence-electron chi connectivity index (χ0n) is 23.6. The number of hydrogen-bond acceptors (Lipinski definition) is 8. The van der Waals surface area contributed by atoms with Crippen LogP contribution in [0.1, 0.15) is 56.7 Å². The molecule has 1 aliphatic carbocycles. The van der Waals surface area contributed by atoms with E-state index in [4.69, 9.17) is 14.5 Å². The third-order valence-corrected chi connectivity index (χ3v) is 9.31. The highest BCUT2D eigenvalue weighted by molar-refractivity contribution is 5.79. The highest BCUT2D eigenvalue weighted by Gasteiger charge is 2.40. The zero-order valence-corrected chi connectivity index (χ0v) is 23.6. The van der Waals surface area contributed by atoms with Gasteiger partial charge in [0.05, 0.1) is 18.2 Å². The first-order chi connectivity index (χ1) is 19.8. The van der Waals surface area contributed by atoms with Crippen molar-refractivity contribution in [1.82, 2.24) is 24.4 Å². The van der Waals surface area contributed by atoms with Crippen molar-refractivity contribution in [2.45, 2.75) is 75.7 Å². The molecule has 0 saturated carbocycles. The van der Waals surface area contributed by atoms with Crippen LogP contribution in [0.5, 0.6) is 11.5 Å². The Morgan fingerprint density at radius 2 is 1.93 bits per heavy atom. The van der Waals surface area contributed by atoms with E-state index in [0.29, 0.717) is 59.5 Å².